The van der Waals surface area contributed by atoms with Gasteiger partial charge < -0.3 is 10.2 Å². The zero-order chi connectivity index (χ0) is 12.5. The van der Waals surface area contributed by atoms with Gasteiger partial charge in [0.25, 0.3) is 0 Å². The summed E-state index contributed by atoms with van der Waals surface area (Å²) in [7, 11) is 0. The molecule has 0 aliphatic heterocycles. The maximum absolute atomic E-state index is 5.84. The molecule has 3 aromatic rings. The summed E-state index contributed by atoms with van der Waals surface area (Å²) in [6.07, 6.45) is 0. The maximum Gasteiger partial charge on any atom is 0.203 e. The summed E-state index contributed by atoms with van der Waals surface area (Å²) in [6.45, 7) is 0. The lowest BCUT2D eigenvalue weighted by molar-refractivity contribution is 0.596. The van der Waals surface area contributed by atoms with Gasteiger partial charge in [-0.15, -0.1) is 10.2 Å². The third-order valence-electron chi connectivity index (χ3n) is 2.39. The number of halogens is 1. The van der Waals surface area contributed by atoms with Gasteiger partial charge in [0.05, 0.1) is 0 Å². The Hall–Kier alpha value is -1.85. The molecule has 1 aromatic carbocycles. The van der Waals surface area contributed by atoms with Crippen molar-refractivity contribution in [2.75, 3.05) is 5.73 Å². The van der Waals surface area contributed by atoms with Gasteiger partial charge in [0.15, 0.2) is 10.8 Å². The van der Waals surface area contributed by atoms with Gasteiger partial charge >= 0.3 is 0 Å². The molecule has 3 rings (SSSR count). The van der Waals surface area contributed by atoms with E-state index in [-0.39, 0.29) is 0 Å². The highest BCUT2D eigenvalue weighted by Gasteiger charge is 2.10. The summed E-state index contributed by atoms with van der Waals surface area (Å²) >= 11 is 7.13. The van der Waals surface area contributed by atoms with Gasteiger partial charge in [0.1, 0.15) is 5.76 Å². The molecule has 0 radical (unpaired) electrons. The molecular weight excluding hydrogens is 270 g/mol. The second kappa shape index (κ2) is 4.44. The predicted molar refractivity (Wildman–Crippen MR) is 72.5 cm³/mol. The molecule has 0 fully saturated rings. The quantitative estimate of drug-likeness (QED) is 0.776. The van der Waals surface area contributed by atoms with Crippen LogP contribution in [0.25, 0.3) is 22.1 Å². The first-order chi connectivity index (χ1) is 8.72. The van der Waals surface area contributed by atoms with E-state index in [1.165, 1.54) is 11.3 Å². The van der Waals surface area contributed by atoms with Crippen LogP contribution in [0.3, 0.4) is 0 Å². The van der Waals surface area contributed by atoms with E-state index < -0.39 is 0 Å². The summed E-state index contributed by atoms with van der Waals surface area (Å²) in [6, 6.07) is 11.2. The van der Waals surface area contributed by atoms with Crippen molar-refractivity contribution in [2.24, 2.45) is 0 Å². The van der Waals surface area contributed by atoms with E-state index >= 15 is 0 Å². The van der Waals surface area contributed by atoms with Gasteiger partial charge in [-0.05, 0) is 36.4 Å². The summed E-state index contributed by atoms with van der Waals surface area (Å²) in [5, 5.41) is 9.49. The molecule has 0 saturated heterocycles. The highest BCUT2D eigenvalue weighted by Crippen LogP contribution is 2.31. The van der Waals surface area contributed by atoms with E-state index in [1.54, 1.807) is 0 Å². The van der Waals surface area contributed by atoms with E-state index in [1.807, 2.05) is 36.4 Å². The lowest BCUT2D eigenvalue weighted by Crippen LogP contribution is -1.79. The van der Waals surface area contributed by atoms with Crippen molar-refractivity contribution in [1.82, 2.24) is 10.2 Å². The summed E-state index contributed by atoms with van der Waals surface area (Å²) in [4.78, 5) is 0. The SMILES string of the molecule is Nc1nnc(-c2ccc(-c3ccc(Cl)cc3)o2)s1. The predicted octanol–water partition coefficient (Wildman–Crippen LogP) is 3.70. The van der Waals surface area contributed by atoms with Crippen molar-refractivity contribution in [3.63, 3.8) is 0 Å². The van der Waals surface area contributed by atoms with Crippen LogP contribution < -0.4 is 5.73 Å². The van der Waals surface area contributed by atoms with Crippen LogP contribution in [0.1, 0.15) is 0 Å². The monoisotopic (exact) mass is 277 g/mol. The first-order valence-corrected chi connectivity index (χ1v) is 6.37. The topological polar surface area (TPSA) is 64.9 Å². The lowest BCUT2D eigenvalue weighted by atomic mass is 10.2. The van der Waals surface area contributed by atoms with Gasteiger partial charge in [-0.1, -0.05) is 22.9 Å². The maximum atomic E-state index is 5.84. The molecule has 0 spiro atoms. The smallest absolute Gasteiger partial charge is 0.203 e. The number of nitrogen functional groups attached to an aromatic ring is 1. The zero-order valence-electron chi connectivity index (χ0n) is 9.13. The normalized spacial score (nSPS) is 10.7. The molecule has 6 heteroatoms. The second-order valence-electron chi connectivity index (χ2n) is 3.62. The van der Waals surface area contributed by atoms with Gasteiger partial charge in [-0.25, -0.2) is 0 Å². The van der Waals surface area contributed by atoms with Crippen molar-refractivity contribution in [2.45, 2.75) is 0 Å². The molecule has 4 nitrogen and oxygen atoms in total. The fraction of sp³-hybridized carbons (Fsp3) is 0. The second-order valence-corrected chi connectivity index (χ2v) is 5.06. The number of benzene rings is 1. The van der Waals surface area contributed by atoms with E-state index in [4.69, 9.17) is 21.8 Å². The van der Waals surface area contributed by atoms with Gasteiger partial charge in [0, 0.05) is 10.6 Å². The van der Waals surface area contributed by atoms with Crippen molar-refractivity contribution >= 4 is 28.1 Å². The average Bonchev–Trinajstić information content (AvgIpc) is 2.98. The molecule has 0 bridgehead atoms. The average molecular weight is 278 g/mol. The minimum atomic E-state index is 0.425. The molecule has 2 N–H and O–H groups in total. The number of aromatic nitrogens is 2. The Bertz CT molecular complexity index is 675. The molecule has 0 atom stereocenters. The van der Waals surface area contributed by atoms with Crippen molar-refractivity contribution in [1.29, 1.82) is 0 Å². The van der Waals surface area contributed by atoms with Gasteiger partial charge in [-0.2, -0.15) is 0 Å². The molecular formula is C12H8ClN3OS. The van der Waals surface area contributed by atoms with Gasteiger partial charge in [-0.3, -0.25) is 0 Å². The Balaban J connectivity index is 1.96. The van der Waals surface area contributed by atoms with Crippen molar-refractivity contribution in [3.05, 3.63) is 41.4 Å². The Morgan fingerprint density at radius 2 is 1.72 bits per heavy atom. The van der Waals surface area contributed by atoms with Crippen molar-refractivity contribution in [3.8, 4) is 22.1 Å². The molecule has 0 unspecified atom stereocenters. The van der Waals surface area contributed by atoms with E-state index in [2.05, 4.69) is 10.2 Å². The number of nitrogens with two attached hydrogens (primary N) is 1. The number of furan rings is 1. The van der Waals surface area contributed by atoms with Crippen LogP contribution in [0.4, 0.5) is 5.13 Å². The molecule has 90 valence electrons. The minimum Gasteiger partial charge on any atom is -0.454 e. The third kappa shape index (κ3) is 2.10. The Morgan fingerprint density at radius 1 is 1.00 bits per heavy atom. The summed E-state index contributed by atoms with van der Waals surface area (Å²) < 4.78 is 5.72. The summed E-state index contributed by atoms with van der Waals surface area (Å²) in [5.74, 6) is 1.42. The molecule has 0 aliphatic carbocycles. The number of hydrogen-bond donors (Lipinski definition) is 1. The number of rotatable bonds is 2. The number of hydrogen-bond acceptors (Lipinski definition) is 5. The molecule has 0 amide bonds. The fourth-order valence-corrected chi connectivity index (χ4v) is 2.25. The van der Waals surface area contributed by atoms with Gasteiger partial charge in [0.2, 0.25) is 5.13 Å². The third-order valence-corrected chi connectivity index (χ3v) is 3.41. The Labute approximate surface area is 112 Å². The molecule has 2 heterocycles. The Morgan fingerprint density at radius 3 is 2.39 bits per heavy atom. The van der Waals surface area contributed by atoms with E-state index in [0.717, 1.165) is 11.3 Å². The van der Waals surface area contributed by atoms with Crippen LogP contribution in [0, 0.1) is 0 Å². The standard InChI is InChI=1S/C12H8ClN3OS/c13-8-3-1-7(2-4-8)9-5-6-10(17-9)11-15-16-12(14)18-11/h1-6H,(H2,14,16). The van der Waals surface area contributed by atoms with E-state index in [0.29, 0.717) is 20.9 Å². The van der Waals surface area contributed by atoms with Crippen LogP contribution in [-0.2, 0) is 0 Å². The van der Waals surface area contributed by atoms with Crippen molar-refractivity contribution < 1.29 is 4.42 Å². The molecule has 0 aliphatic rings. The van der Waals surface area contributed by atoms with Crippen LogP contribution in [0.15, 0.2) is 40.8 Å². The molecule has 18 heavy (non-hydrogen) atoms. The highest BCUT2D eigenvalue weighted by atomic mass is 35.5. The lowest BCUT2D eigenvalue weighted by Gasteiger charge is -1.96. The summed E-state index contributed by atoms with van der Waals surface area (Å²) in [5.41, 5.74) is 6.50. The Kier molecular flexibility index (Phi) is 2.77. The number of nitrogens with zero attached hydrogens (tertiary/aromatic N) is 2. The van der Waals surface area contributed by atoms with E-state index in [9.17, 15) is 0 Å². The van der Waals surface area contributed by atoms with Crippen LogP contribution >= 0.6 is 22.9 Å². The number of anilines is 1. The van der Waals surface area contributed by atoms with Crippen LogP contribution in [0.5, 0.6) is 0 Å². The fourth-order valence-electron chi connectivity index (χ4n) is 1.56. The van der Waals surface area contributed by atoms with Crippen LogP contribution in [-0.4, -0.2) is 10.2 Å². The minimum absolute atomic E-state index is 0.425. The highest BCUT2D eigenvalue weighted by molar-refractivity contribution is 7.18. The zero-order valence-corrected chi connectivity index (χ0v) is 10.7. The van der Waals surface area contributed by atoms with Crippen LogP contribution in [0.2, 0.25) is 5.02 Å². The molecule has 0 saturated carbocycles. The molecule has 2 aromatic heterocycles. The first kappa shape index (κ1) is 11.3. The first-order valence-electron chi connectivity index (χ1n) is 5.17. The largest absolute Gasteiger partial charge is 0.454 e.